The van der Waals surface area contributed by atoms with Gasteiger partial charge in [-0.2, -0.15) is 0 Å². The third-order valence-electron chi connectivity index (χ3n) is 2.44. The quantitative estimate of drug-likeness (QED) is 0.680. The summed E-state index contributed by atoms with van der Waals surface area (Å²) in [4.78, 5) is 0. The lowest BCUT2D eigenvalue weighted by atomic mass is 9.95. The van der Waals surface area contributed by atoms with Crippen molar-refractivity contribution in [1.29, 1.82) is 0 Å². The van der Waals surface area contributed by atoms with Crippen LogP contribution in [0.5, 0.6) is 0 Å². The molecule has 0 bridgehead atoms. The molecule has 0 N–H and O–H groups in total. The first-order chi connectivity index (χ1) is 6.60. The number of hydrogen-bond acceptors (Lipinski definition) is 0. The molecule has 0 saturated heterocycles. The van der Waals surface area contributed by atoms with Crippen molar-refractivity contribution in [2.24, 2.45) is 0 Å². The van der Waals surface area contributed by atoms with Crippen LogP contribution in [0.25, 0.3) is 6.08 Å². The summed E-state index contributed by atoms with van der Waals surface area (Å²) in [6, 6.07) is 8.52. The van der Waals surface area contributed by atoms with E-state index in [4.69, 9.17) is 0 Å². The molecule has 1 aromatic carbocycles. The Hall–Kier alpha value is -0.560. The molecule has 0 aliphatic rings. The molecule has 0 aromatic heterocycles. The summed E-state index contributed by atoms with van der Waals surface area (Å²) < 4.78 is 0.0980. The van der Waals surface area contributed by atoms with Crippen LogP contribution in [0.1, 0.15) is 37.8 Å². The number of rotatable bonds is 4. The van der Waals surface area contributed by atoms with Crippen LogP contribution in [0.15, 0.2) is 30.8 Å². The molecule has 1 unspecified atom stereocenters. The molecule has 0 amide bonds. The fourth-order valence-electron chi connectivity index (χ4n) is 1.60. The minimum atomic E-state index is 0.0980. The van der Waals surface area contributed by atoms with Gasteiger partial charge in [0.1, 0.15) is 0 Å². The first kappa shape index (κ1) is 11.5. The van der Waals surface area contributed by atoms with E-state index < -0.39 is 0 Å². The van der Waals surface area contributed by atoms with Crippen molar-refractivity contribution < 1.29 is 0 Å². The van der Waals surface area contributed by atoms with Crippen molar-refractivity contribution in [3.05, 3.63) is 42.0 Å². The maximum absolute atomic E-state index is 3.78. The highest BCUT2D eigenvalue weighted by Crippen LogP contribution is 2.35. The summed E-state index contributed by atoms with van der Waals surface area (Å²) in [5.74, 6) is 0. The lowest BCUT2D eigenvalue weighted by molar-refractivity contribution is 0.622. The molecule has 1 atom stereocenters. The second-order valence-electron chi connectivity index (χ2n) is 3.78. The summed E-state index contributed by atoms with van der Waals surface area (Å²) in [6.07, 6.45) is 4.21. The first-order valence-corrected chi connectivity index (χ1v) is 5.81. The van der Waals surface area contributed by atoms with Gasteiger partial charge in [-0.05, 0) is 24.5 Å². The van der Waals surface area contributed by atoms with Crippen molar-refractivity contribution >= 4 is 22.0 Å². The molecule has 1 aromatic rings. The van der Waals surface area contributed by atoms with E-state index in [2.05, 4.69) is 60.6 Å². The smallest absolute Gasteiger partial charge is 0.0478 e. The Labute approximate surface area is 95.2 Å². The largest absolute Gasteiger partial charge is 0.0985 e. The van der Waals surface area contributed by atoms with E-state index in [1.807, 2.05) is 6.08 Å². The predicted octanol–water partition coefficient (Wildman–Crippen LogP) is 4.74. The van der Waals surface area contributed by atoms with Crippen LogP contribution in [0.4, 0.5) is 0 Å². The van der Waals surface area contributed by atoms with Crippen LogP contribution in [0, 0.1) is 0 Å². The molecule has 0 nitrogen and oxygen atoms in total. The molecule has 0 heterocycles. The molecule has 0 fully saturated rings. The van der Waals surface area contributed by atoms with Crippen molar-refractivity contribution in [3.8, 4) is 0 Å². The van der Waals surface area contributed by atoms with E-state index in [-0.39, 0.29) is 4.32 Å². The lowest BCUT2D eigenvalue weighted by Gasteiger charge is -2.22. The molecule has 0 spiro atoms. The van der Waals surface area contributed by atoms with Gasteiger partial charge in [0, 0.05) is 4.32 Å². The van der Waals surface area contributed by atoms with E-state index in [0.717, 1.165) is 6.42 Å². The van der Waals surface area contributed by atoms with Crippen molar-refractivity contribution in [1.82, 2.24) is 0 Å². The zero-order chi connectivity index (χ0) is 10.6. The maximum atomic E-state index is 3.78. The van der Waals surface area contributed by atoms with Crippen LogP contribution in [0.2, 0.25) is 0 Å². The maximum Gasteiger partial charge on any atom is 0.0478 e. The van der Waals surface area contributed by atoms with Gasteiger partial charge in [0.2, 0.25) is 0 Å². The van der Waals surface area contributed by atoms with Crippen LogP contribution in [-0.2, 0) is 4.32 Å². The normalized spacial score (nSPS) is 14.8. The van der Waals surface area contributed by atoms with Gasteiger partial charge in [0.05, 0.1) is 0 Å². The fourth-order valence-corrected chi connectivity index (χ4v) is 2.25. The average molecular weight is 253 g/mol. The molecule has 76 valence electrons. The van der Waals surface area contributed by atoms with Crippen LogP contribution in [0.3, 0.4) is 0 Å². The Morgan fingerprint density at radius 2 is 2.21 bits per heavy atom. The summed E-state index contributed by atoms with van der Waals surface area (Å²) in [7, 11) is 0. The van der Waals surface area contributed by atoms with Gasteiger partial charge in [-0.15, -0.1) is 0 Å². The van der Waals surface area contributed by atoms with Crippen molar-refractivity contribution in [2.75, 3.05) is 0 Å². The Morgan fingerprint density at radius 1 is 1.50 bits per heavy atom. The summed E-state index contributed by atoms with van der Waals surface area (Å²) in [6.45, 7) is 8.21. The van der Waals surface area contributed by atoms with Crippen LogP contribution < -0.4 is 0 Å². The Bertz CT molecular complexity index is 313. The van der Waals surface area contributed by atoms with E-state index in [1.165, 1.54) is 17.5 Å². The summed E-state index contributed by atoms with van der Waals surface area (Å²) in [5.41, 5.74) is 2.51. The fraction of sp³-hybridized carbons (Fsp3) is 0.385. The van der Waals surface area contributed by atoms with E-state index in [0.29, 0.717) is 0 Å². The zero-order valence-corrected chi connectivity index (χ0v) is 10.5. The molecule has 1 heteroatoms. The molecule has 0 aliphatic heterocycles. The number of hydrogen-bond donors (Lipinski definition) is 0. The number of halogens is 1. The molecule has 1 rings (SSSR count). The van der Waals surface area contributed by atoms with Crippen LogP contribution >= 0.6 is 15.9 Å². The topological polar surface area (TPSA) is 0 Å². The second kappa shape index (κ2) is 4.79. The number of benzene rings is 1. The zero-order valence-electron chi connectivity index (χ0n) is 8.89. The van der Waals surface area contributed by atoms with Crippen molar-refractivity contribution in [2.45, 2.75) is 31.0 Å². The highest BCUT2D eigenvalue weighted by atomic mass is 79.9. The highest BCUT2D eigenvalue weighted by molar-refractivity contribution is 9.09. The average Bonchev–Trinajstić information content (AvgIpc) is 2.18. The van der Waals surface area contributed by atoms with E-state index in [1.54, 1.807) is 0 Å². The van der Waals surface area contributed by atoms with Gasteiger partial charge in [-0.1, -0.05) is 66.2 Å². The Kier molecular flexibility index (Phi) is 3.94. The van der Waals surface area contributed by atoms with E-state index >= 15 is 0 Å². The molecular weight excluding hydrogens is 236 g/mol. The highest BCUT2D eigenvalue weighted by Gasteiger charge is 2.21. The van der Waals surface area contributed by atoms with Crippen LogP contribution in [-0.4, -0.2) is 0 Å². The van der Waals surface area contributed by atoms with Gasteiger partial charge in [0.15, 0.2) is 0 Å². The molecule has 0 saturated carbocycles. The minimum Gasteiger partial charge on any atom is -0.0985 e. The second-order valence-corrected chi connectivity index (χ2v) is 5.53. The van der Waals surface area contributed by atoms with Crippen molar-refractivity contribution in [3.63, 3.8) is 0 Å². The molecular formula is C13H17Br. The molecule has 0 aliphatic carbocycles. The first-order valence-electron chi connectivity index (χ1n) is 5.02. The lowest BCUT2D eigenvalue weighted by Crippen LogP contribution is -2.12. The van der Waals surface area contributed by atoms with Gasteiger partial charge in [0.25, 0.3) is 0 Å². The third kappa shape index (κ3) is 2.71. The molecule has 14 heavy (non-hydrogen) atoms. The van der Waals surface area contributed by atoms with E-state index in [9.17, 15) is 0 Å². The molecule has 0 radical (unpaired) electrons. The third-order valence-corrected chi connectivity index (χ3v) is 3.30. The standard InChI is InChI=1S/C13H17Br/c1-4-9-13(3,14)12-8-6-7-11(5-2)10-12/h5-8,10H,2,4,9H2,1,3H3. The number of alkyl halides is 1. The summed E-state index contributed by atoms with van der Waals surface area (Å²) in [5, 5.41) is 0. The van der Waals surface area contributed by atoms with Gasteiger partial charge in [-0.3, -0.25) is 0 Å². The Morgan fingerprint density at radius 3 is 2.79 bits per heavy atom. The summed E-state index contributed by atoms with van der Waals surface area (Å²) >= 11 is 3.78. The SMILES string of the molecule is C=Cc1cccc(C(C)(Br)CCC)c1. The van der Waals surface area contributed by atoms with Gasteiger partial charge >= 0.3 is 0 Å². The van der Waals surface area contributed by atoms with Gasteiger partial charge in [-0.25, -0.2) is 0 Å². The monoisotopic (exact) mass is 252 g/mol. The Balaban J connectivity index is 2.99. The van der Waals surface area contributed by atoms with Gasteiger partial charge < -0.3 is 0 Å². The minimum absolute atomic E-state index is 0.0980. The predicted molar refractivity (Wildman–Crippen MR) is 67.7 cm³/mol.